The van der Waals surface area contributed by atoms with E-state index >= 15 is 0 Å². The molecule has 15 heavy (non-hydrogen) atoms. The average molecular weight is 253 g/mol. The van der Waals surface area contributed by atoms with Crippen molar-refractivity contribution in [3.05, 3.63) is 38.2 Å². The Bertz CT molecular complexity index is 530. The topological polar surface area (TPSA) is 40.7 Å². The van der Waals surface area contributed by atoms with E-state index in [2.05, 4.69) is 15.3 Å². The van der Waals surface area contributed by atoms with Gasteiger partial charge in [-0.1, -0.05) is 29.5 Å². The van der Waals surface area contributed by atoms with Gasteiger partial charge in [-0.05, 0) is 36.6 Å². The molecule has 1 aromatic carbocycles. The molecule has 1 heterocycles. The van der Waals surface area contributed by atoms with Crippen molar-refractivity contribution in [2.75, 3.05) is 5.32 Å². The fourth-order valence-corrected chi connectivity index (χ4v) is 2.34. The van der Waals surface area contributed by atoms with Crippen molar-refractivity contribution in [3.8, 4) is 0 Å². The Morgan fingerprint density at radius 2 is 1.93 bits per heavy atom. The van der Waals surface area contributed by atoms with Gasteiger partial charge in [0, 0.05) is 5.69 Å². The molecule has 2 N–H and O–H groups in total. The van der Waals surface area contributed by atoms with Gasteiger partial charge in [0.05, 0.1) is 0 Å². The van der Waals surface area contributed by atoms with Gasteiger partial charge in [-0.25, -0.2) is 0 Å². The van der Waals surface area contributed by atoms with Crippen molar-refractivity contribution in [1.29, 1.82) is 0 Å². The highest BCUT2D eigenvalue weighted by Crippen LogP contribution is 2.12. The summed E-state index contributed by atoms with van der Waals surface area (Å²) in [4.78, 5) is 7.07. The predicted octanol–water partition coefficient (Wildman–Crippen LogP) is 3.67. The fourth-order valence-electron chi connectivity index (χ4n) is 1.06. The van der Waals surface area contributed by atoms with Gasteiger partial charge in [0.1, 0.15) is 0 Å². The van der Waals surface area contributed by atoms with Gasteiger partial charge in [-0.2, -0.15) is 4.98 Å². The molecule has 0 aliphatic carbocycles. The lowest BCUT2D eigenvalue weighted by molar-refractivity contribution is 1.19. The zero-order valence-electron chi connectivity index (χ0n) is 7.56. The molecule has 2 aromatic rings. The molecule has 0 aliphatic heterocycles. The molecule has 2 rings (SSSR count). The Balaban J connectivity index is 2.33. The van der Waals surface area contributed by atoms with Gasteiger partial charge in [-0.15, -0.1) is 0 Å². The summed E-state index contributed by atoms with van der Waals surface area (Å²) in [6, 6.07) is 9.72. The van der Waals surface area contributed by atoms with Crippen LogP contribution in [-0.2, 0) is 0 Å². The van der Waals surface area contributed by atoms with E-state index in [0.717, 1.165) is 5.69 Å². The summed E-state index contributed by atoms with van der Waals surface area (Å²) in [5.41, 5.74) is 0.946. The van der Waals surface area contributed by atoms with Crippen LogP contribution in [0, 0.1) is 7.91 Å². The molecule has 0 radical (unpaired) electrons. The molecular weight excluding hydrogens is 246 g/mol. The number of rotatable bonds is 2. The molecule has 0 saturated heterocycles. The summed E-state index contributed by atoms with van der Waals surface area (Å²) in [6.45, 7) is 0. The molecule has 0 unspecified atom stereocenters. The lowest BCUT2D eigenvalue weighted by Gasteiger charge is -2.03. The Morgan fingerprint density at radius 3 is 2.60 bits per heavy atom. The lowest BCUT2D eigenvalue weighted by Crippen LogP contribution is -1.95. The first-order chi connectivity index (χ1) is 7.24. The molecule has 76 valence electrons. The van der Waals surface area contributed by atoms with Crippen molar-refractivity contribution in [3.63, 3.8) is 0 Å². The van der Waals surface area contributed by atoms with E-state index in [1.54, 1.807) is 0 Å². The average Bonchev–Trinajstić information content (AvgIpc) is 2.17. The smallest absolute Gasteiger partial charge is 0.208 e. The molecule has 0 amide bonds. The zero-order valence-corrected chi connectivity index (χ0v) is 10.0. The van der Waals surface area contributed by atoms with Crippen LogP contribution in [0.4, 0.5) is 11.6 Å². The van der Waals surface area contributed by atoms with Crippen molar-refractivity contribution < 1.29 is 0 Å². The number of aromatic nitrogens is 2. The first kappa shape index (κ1) is 10.4. The van der Waals surface area contributed by atoms with Crippen LogP contribution in [0.25, 0.3) is 0 Å². The molecule has 0 spiro atoms. The normalized spacial score (nSPS) is 9.87. The number of aromatic amines is 1. The first-order valence-electron chi connectivity index (χ1n) is 4.17. The molecule has 0 bridgehead atoms. The molecule has 3 nitrogen and oxygen atoms in total. The Hall–Kier alpha value is -1.11. The largest absolute Gasteiger partial charge is 0.326 e. The standard InChI is InChI=1S/C9H7N3S3/c13-8-11-7(12-9(14)15-8)10-6-4-2-1-3-5-6/h1-5H,(H2,10,11,12,13,14). The maximum absolute atomic E-state index is 5.02. The summed E-state index contributed by atoms with van der Waals surface area (Å²) in [7, 11) is 0. The predicted molar refractivity (Wildman–Crippen MR) is 67.9 cm³/mol. The van der Waals surface area contributed by atoms with Crippen LogP contribution in [0.1, 0.15) is 0 Å². The minimum Gasteiger partial charge on any atom is -0.326 e. The number of para-hydroxylation sites is 1. The molecule has 1 aromatic heterocycles. The lowest BCUT2D eigenvalue weighted by atomic mass is 10.3. The SMILES string of the molecule is S=c1nc(Nc2ccccc2)[nH]c(=S)s1. The maximum atomic E-state index is 5.02. The zero-order chi connectivity index (χ0) is 10.7. The number of benzene rings is 1. The second-order valence-electron chi connectivity index (χ2n) is 2.73. The quantitative estimate of drug-likeness (QED) is 0.801. The number of nitrogens with zero attached hydrogens (tertiary/aromatic N) is 1. The Labute approximate surface area is 101 Å². The van der Waals surface area contributed by atoms with Crippen LogP contribution in [0.5, 0.6) is 0 Å². The fraction of sp³-hybridized carbons (Fsp3) is 0. The third kappa shape index (κ3) is 2.92. The van der Waals surface area contributed by atoms with Gasteiger partial charge >= 0.3 is 0 Å². The summed E-state index contributed by atoms with van der Waals surface area (Å²) in [5, 5.41) is 3.09. The number of nitrogens with one attached hydrogen (secondary N) is 2. The van der Waals surface area contributed by atoms with E-state index in [0.29, 0.717) is 13.9 Å². The van der Waals surface area contributed by atoms with Crippen molar-refractivity contribution in [2.45, 2.75) is 0 Å². The van der Waals surface area contributed by atoms with Gasteiger partial charge < -0.3 is 10.3 Å². The molecule has 0 saturated carbocycles. The van der Waals surface area contributed by atoms with Crippen molar-refractivity contribution in [1.82, 2.24) is 9.97 Å². The second-order valence-corrected chi connectivity index (χ2v) is 5.04. The number of anilines is 2. The minimum absolute atomic E-state index is 0.525. The van der Waals surface area contributed by atoms with Gasteiger partial charge in [0.2, 0.25) is 5.95 Å². The summed E-state index contributed by atoms with van der Waals surface area (Å²) in [6.07, 6.45) is 0. The molecule has 0 fully saturated rings. The van der Waals surface area contributed by atoms with Crippen molar-refractivity contribution in [2.24, 2.45) is 0 Å². The molecule has 0 aliphatic rings. The summed E-state index contributed by atoms with van der Waals surface area (Å²) >= 11 is 11.3. The molecule has 6 heteroatoms. The van der Waals surface area contributed by atoms with E-state index in [4.69, 9.17) is 24.4 Å². The Kier molecular flexibility index (Phi) is 3.20. The number of H-pyrrole nitrogens is 1. The van der Waals surface area contributed by atoms with Crippen LogP contribution < -0.4 is 5.32 Å². The van der Waals surface area contributed by atoms with Gasteiger partial charge in [0.15, 0.2) is 7.91 Å². The monoisotopic (exact) mass is 253 g/mol. The van der Waals surface area contributed by atoms with E-state index in [1.165, 1.54) is 11.3 Å². The van der Waals surface area contributed by atoms with Crippen LogP contribution in [0.3, 0.4) is 0 Å². The minimum atomic E-state index is 0.525. The van der Waals surface area contributed by atoms with E-state index in [1.807, 2.05) is 30.3 Å². The second kappa shape index (κ2) is 4.61. The van der Waals surface area contributed by atoms with Crippen LogP contribution in [0.15, 0.2) is 30.3 Å². The summed E-state index contributed by atoms with van der Waals surface area (Å²) < 4.78 is 1.14. The van der Waals surface area contributed by atoms with E-state index in [-0.39, 0.29) is 0 Å². The van der Waals surface area contributed by atoms with Crippen LogP contribution in [-0.4, -0.2) is 9.97 Å². The van der Waals surface area contributed by atoms with Crippen LogP contribution in [0.2, 0.25) is 0 Å². The van der Waals surface area contributed by atoms with E-state index < -0.39 is 0 Å². The third-order valence-corrected chi connectivity index (χ3v) is 2.89. The number of hydrogen-bond acceptors (Lipinski definition) is 5. The highest BCUT2D eigenvalue weighted by atomic mass is 32.2. The van der Waals surface area contributed by atoms with Crippen LogP contribution >= 0.6 is 35.8 Å². The third-order valence-electron chi connectivity index (χ3n) is 1.64. The van der Waals surface area contributed by atoms with Gasteiger partial charge in [0.25, 0.3) is 0 Å². The van der Waals surface area contributed by atoms with Gasteiger partial charge in [-0.3, -0.25) is 0 Å². The molecule has 0 atom stereocenters. The van der Waals surface area contributed by atoms with E-state index in [9.17, 15) is 0 Å². The molecular formula is C9H7N3S3. The first-order valence-corrected chi connectivity index (χ1v) is 5.81. The highest BCUT2D eigenvalue weighted by molar-refractivity contribution is 7.75. The summed E-state index contributed by atoms with van der Waals surface area (Å²) in [5.74, 6) is 0.579. The van der Waals surface area contributed by atoms with Crippen molar-refractivity contribution >= 4 is 47.4 Å². The number of hydrogen-bond donors (Lipinski definition) is 2. The highest BCUT2D eigenvalue weighted by Gasteiger charge is 1.95. The Morgan fingerprint density at radius 1 is 1.20 bits per heavy atom. The maximum Gasteiger partial charge on any atom is 0.208 e.